The molecule has 0 aliphatic carbocycles. The summed E-state index contributed by atoms with van der Waals surface area (Å²) in [6.07, 6.45) is 0.977. The molecule has 1 aromatic rings. The number of hydrogen-bond donors (Lipinski definition) is 2. The molecule has 8 heteroatoms. The molecule has 0 atom stereocenters. The van der Waals surface area contributed by atoms with Crippen molar-refractivity contribution < 1.29 is 22.7 Å². The summed E-state index contributed by atoms with van der Waals surface area (Å²) >= 11 is 0. The number of hydrogen-bond acceptors (Lipinski definition) is 5. The van der Waals surface area contributed by atoms with Gasteiger partial charge in [-0.25, -0.2) is 13.1 Å². The zero-order chi connectivity index (χ0) is 16.0. The van der Waals surface area contributed by atoms with Gasteiger partial charge in [-0.3, -0.25) is 4.79 Å². The Morgan fingerprint density at radius 2 is 1.86 bits per heavy atom. The Labute approximate surface area is 130 Å². The molecule has 1 heterocycles. The highest BCUT2D eigenvalue weighted by atomic mass is 32.2. The normalized spacial score (nSPS) is 16.4. The summed E-state index contributed by atoms with van der Waals surface area (Å²) in [5, 5.41) is 2.58. The average Bonchev–Trinajstić information content (AvgIpc) is 2.48. The van der Waals surface area contributed by atoms with Crippen LogP contribution in [-0.2, 0) is 24.3 Å². The van der Waals surface area contributed by atoms with Crippen LogP contribution in [0.4, 0.5) is 5.69 Å². The van der Waals surface area contributed by atoms with Crippen LogP contribution < -0.4 is 10.0 Å². The number of sulfonamides is 1. The van der Waals surface area contributed by atoms with Gasteiger partial charge < -0.3 is 14.8 Å². The van der Waals surface area contributed by atoms with Gasteiger partial charge >= 0.3 is 0 Å². The molecule has 0 bridgehead atoms. The number of ether oxygens (including phenoxy) is 2. The smallest absolute Gasteiger partial charge is 0.240 e. The van der Waals surface area contributed by atoms with E-state index in [0.717, 1.165) is 6.42 Å². The molecular formula is C14H20N2O5S. The highest BCUT2D eigenvalue weighted by Crippen LogP contribution is 2.14. The quantitative estimate of drug-likeness (QED) is 0.815. The molecule has 0 radical (unpaired) electrons. The van der Waals surface area contributed by atoms with Crippen LogP contribution in [0.15, 0.2) is 29.2 Å². The van der Waals surface area contributed by atoms with Gasteiger partial charge in [0.15, 0.2) is 6.29 Å². The van der Waals surface area contributed by atoms with Gasteiger partial charge in [-0.15, -0.1) is 0 Å². The molecule has 1 saturated heterocycles. The second-order valence-corrected chi connectivity index (χ2v) is 6.68. The fourth-order valence-electron chi connectivity index (χ4n) is 2.02. The van der Waals surface area contributed by atoms with E-state index < -0.39 is 10.0 Å². The predicted molar refractivity (Wildman–Crippen MR) is 80.9 cm³/mol. The lowest BCUT2D eigenvalue weighted by Crippen LogP contribution is -2.31. The Kier molecular flexibility index (Phi) is 5.90. The molecule has 22 heavy (non-hydrogen) atoms. The largest absolute Gasteiger partial charge is 0.353 e. The summed E-state index contributed by atoms with van der Waals surface area (Å²) in [6.45, 7) is 2.91. The number of carbonyl (C=O) groups is 1. The van der Waals surface area contributed by atoms with Gasteiger partial charge in [0, 0.05) is 25.6 Å². The van der Waals surface area contributed by atoms with Gasteiger partial charge in [-0.1, -0.05) is 0 Å². The van der Waals surface area contributed by atoms with Crippen molar-refractivity contribution >= 4 is 21.6 Å². The molecule has 1 aliphatic heterocycles. The van der Waals surface area contributed by atoms with Crippen LogP contribution in [0.2, 0.25) is 0 Å². The maximum Gasteiger partial charge on any atom is 0.240 e. The van der Waals surface area contributed by atoms with E-state index in [9.17, 15) is 13.2 Å². The van der Waals surface area contributed by atoms with Crippen molar-refractivity contribution in [1.82, 2.24) is 4.72 Å². The van der Waals surface area contributed by atoms with Crippen molar-refractivity contribution in [1.29, 1.82) is 0 Å². The molecule has 0 aromatic heterocycles. The zero-order valence-corrected chi connectivity index (χ0v) is 13.2. The Balaban J connectivity index is 1.87. The van der Waals surface area contributed by atoms with Crippen molar-refractivity contribution in [3.05, 3.63) is 24.3 Å². The van der Waals surface area contributed by atoms with Crippen LogP contribution in [0, 0.1) is 0 Å². The first-order valence-corrected chi connectivity index (χ1v) is 8.56. The number of benzene rings is 1. The van der Waals surface area contributed by atoms with Gasteiger partial charge in [-0.05, 0) is 30.7 Å². The second-order valence-electron chi connectivity index (χ2n) is 4.92. The van der Waals surface area contributed by atoms with E-state index in [1.54, 1.807) is 12.1 Å². The van der Waals surface area contributed by atoms with Crippen LogP contribution >= 0.6 is 0 Å². The van der Waals surface area contributed by atoms with Crippen LogP contribution in [0.5, 0.6) is 0 Å². The van der Waals surface area contributed by atoms with Gasteiger partial charge in [0.1, 0.15) is 0 Å². The molecule has 1 fully saturated rings. The van der Waals surface area contributed by atoms with Crippen molar-refractivity contribution in [2.45, 2.75) is 31.0 Å². The maximum atomic E-state index is 12.1. The SMILES string of the molecule is CC(=O)Nc1ccc(S(=O)(=O)NCCC2OCCCO2)cc1. The van der Waals surface area contributed by atoms with Crippen LogP contribution in [0.25, 0.3) is 0 Å². The van der Waals surface area contributed by atoms with Crippen LogP contribution in [0.3, 0.4) is 0 Å². The fourth-order valence-corrected chi connectivity index (χ4v) is 3.07. The number of carbonyl (C=O) groups excluding carboxylic acids is 1. The van der Waals surface area contributed by atoms with Crippen LogP contribution in [0.1, 0.15) is 19.8 Å². The highest BCUT2D eigenvalue weighted by Gasteiger charge is 2.17. The molecule has 0 saturated carbocycles. The molecule has 2 rings (SSSR count). The number of amides is 1. The molecular weight excluding hydrogens is 308 g/mol. The molecule has 0 spiro atoms. The van der Waals surface area contributed by atoms with Gasteiger partial charge in [0.25, 0.3) is 0 Å². The lowest BCUT2D eigenvalue weighted by Gasteiger charge is -2.23. The number of rotatable bonds is 6. The zero-order valence-electron chi connectivity index (χ0n) is 12.4. The Morgan fingerprint density at radius 3 is 2.45 bits per heavy atom. The molecule has 122 valence electrons. The van der Waals surface area contributed by atoms with E-state index >= 15 is 0 Å². The summed E-state index contributed by atoms with van der Waals surface area (Å²) in [7, 11) is -3.58. The Hall–Kier alpha value is -1.48. The van der Waals surface area contributed by atoms with E-state index in [2.05, 4.69) is 10.0 Å². The van der Waals surface area contributed by atoms with E-state index in [4.69, 9.17) is 9.47 Å². The monoisotopic (exact) mass is 328 g/mol. The number of anilines is 1. The van der Waals surface area contributed by atoms with E-state index in [0.29, 0.717) is 25.3 Å². The highest BCUT2D eigenvalue weighted by molar-refractivity contribution is 7.89. The summed E-state index contributed by atoms with van der Waals surface area (Å²) in [5.74, 6) is -0.207. The van der Waals surface area contributed by atoms with Gasteiger partial charge in [0.05, 0.1) is 18.1 Å². The van der Waals surface area contributed by atoms with Crippen LogP contribution in [-0.4, -0.2) is 40.4 Å². The predicted octanol–water partition coefficient (Wildman–Crippen LogP) is 1.08. The van der Waals surface area contributed by atoms with Gasteiger partial charge in [-0.2, -0.15) is 0 Å². The van der Waals surface area contributed by atoms with E-state index in [1.807, 2.05) is 0 Å². The lowest BCUT2D eigenvalue weighted by atomic mass is 10.3. The first-order chi connectivity index (χ1) is 10.5. The molecule has 1 aliphatic rings. The average molecular weight is 328 g/mol. The minimum absolute atomic E-state index is 0.145. The summed E-state index contributed by atoms with van der Waals surface area (Å²) in [6, 6.07) is 5.98. The first kappa shape index (κ1) is 16.9. The molecule has 0 unspecified atom stereocenters. The standard InChI is InChI=1S/C14H20N2O5S/c1-11(17)16-12-3-5-13(6-4-12)22(18,19)15-8-7-14-20-9-2-10-21-14/h3-6,14-15H,2,7-10H2,1H3,(H,16,17). The van der Waals surface area contributed by atoms with Gasteiger partial charge in [0.2, 0.25) is 15.9 Å². The van der Waals surface area contributed by atoms with E-state index in [-0.39, 0.29) is 23.6 Å². The van der Waals surface area contributed by atoms with E-state index in [1.165, 1.54) is 19.1 Å². The first-order valence-electron chi connectivity index (χ1n) is 7.08. The minimum Gasteiger partial charge on any atom is -0.353 e. The summed E-state index contributed by atoms with van der Waals surface area (Å²) < 4.78 is 37.5. The molecule has 1 aromatic carbocycles. The number of nitrogens with one attached hydrogen (secondary N) is 2. The molecule has 2 N–H and O–H groups in total. The third kappa shape index (κ3) is 5.06. The summed E-state index contributed by atoms with van der Waals surface area (Å²) in [4.78, 5) is 11.1. The Bertz CT molecular complexity index is 594. The third-order valence-electron chi connectivity index (χ3n) is 3.05. The fraction of sp³-hybridized carbons (Fsp3) is 0.500. The third-order valence-corrected chi connectivity index (χ3v) is 4.53. The Morgan fingerprint density at radius 1 is 1.23 bits per heavy atom. The van der Waals surface area contributed by atoms with Crippen molar-refractivity contribution in [2.75, 3.05) is 25.1 Å². The van der Waals surface area contributed by atoms with Crippen molar-refractivity contribution in [3.8, 4) is 0 Å². The molecule has 7 nitrogen and oxygen atoms in total. The lowest BCUT2D eigenvalue weighted by molar-refractivity contribution is -0.180. The van der Waals surface area contributed by atoms with Crippen molar-refractivity contribution in [2.24, 2.45) is 0 Å². The minimum atomic E-state index is -3.58. The second kappa shape index (κ2) is 7.68. The maximum absolute atomic E-state index is 12.1. The summed E-state index contributed by atoms with van der Waals surface area (Å²) in [5.41, 5.74) is 0.551. The topological polar surface area (TPSA) is 93.7 Å². The van der Waals surface area contributed by atoms with Crippen molar-refractivity contribution in [3.63, 3.8) is 0 Å². The molecule has 1 amide bonds.